The molecule has 5 heteroatoms. The standard InChI is InChI=1S/C22H10Cl2N2Se/c23-19-11-3-15(4-12-19)1-7-17-9-10-18(22-21(17)25-27-26-22)8-2-16-5-13-20(24)14-6-16/h3-6,9-14H. The fourth-order valence-corrected chi connectivity index (χ4v) is 3.87. The van der Waals surface area contributed by atoms with Gasteiger partial charge in [0, 0.05) is 0 Å². The van der Waals surface area contributed by atoms with Crippen LogP contribution in [-0.2, 0) is 0 Å². The van der Waals surface area contributed by atoms with Crippen LogP contribution in [0.1, 0.15) is 22.3 Å². The van der Waals surface area contributed by atoms with Gasteiger partial charge >= 0.3 is 174 Å². The van der Waals surface area contributed by atoms with Crippen molar-refractivity contribution in [2.75, 3.05) is 0 Å². The van der Waals surface area contributed by atoms with E-state index in [0.717, 1.165) is 33.3 Å². The molecule has 4 aromatic rings. The second-order valence-corrected chi connectivity index (χ2v) is 7.62. The molecule has 0 aliphatic rings. The van der Waals surface area contributed by atoms with Gasteiger partial charge in [0.25, 0.3) is 0 Å². The Morgan fingerprint density at radius 2 is 0.963 bits per heavy atom. The van der Waals surface area contributed by atoms with E-state index >= 15 is 0 Å². The maximum absolute atomic E-state index is 5.91. The summed E-state index contributed by atoms with van der Waals surface area (Å²) in [6.45, 7) is 0. The summed E-state index contributed by atoms with van der Waals surface area (Å²) in [6, 6.07) is 18.8. The van der Waals surface area contributed by atoms with Gasteiger partial charge in [-0.3, -0.25) is 0 Å². The summed E-state index contributed by atoms with van der Waals surface area (Å²) < 4.78 is 9.08. The molecule has 0 fully saturated rings. The number of hydrogen-bond acceptors (Lipinski definition) is 2. The zero-order valence-electron chi connectivity index (χ0n) is 13.8. The van der Waals surface area contributed by atoms with Crippen molar-refractivity contribution in [2.45, 2.75) is 0 Å². The fourth-order valence-electron chi connectivity index (χ4n) is 2.41. The van der Waals surface area contributed by atoms with E-state index < -0.39 is 0 Å². The molecule has 0 aliphatic carbocycles. The quantitative estimate of drug-likeness (QED) is 0.283. The van der Waals surface area contributed by atoms with Gasteiger partial charge in [0.15, 0.2) is 0 Å². The molecule has 0 saturated carbocycles. The van der Waals surface area contributed by atoms with Crippen LogP contribution in [0.25, 0.3) is 11.0 Å². The zero-order valence-corrected chi connectivity index (χ0v) is 17.1. The number of aromatic nitrogens is 2. The molecule has 0 amide bonds. The monoisotopic (exact) mass is 452 g/mol. The number of fused-ring (bicyclic) bond motifs is 1. The van der Waals surface area contributed by atoms with E-state index in [4.69, 9.17) is 23.2 Å². The van der Waals surface area contributed by atoms with Crippen molar-refractivity contribution in [3.63, 3.8) is 0 Å². The van der Waals surface area contributed by atoms with Gasteiger partial charge in [0.05, 0.1) is 0 Å². The van der Waals surface area contributed by atoms with Crippen LogP contribution in [0.15, 0.2) is 60.7 Å². The number of rotatable bonds is 0. The summed E-state index contributed by atoms with van der Waals surface area (Å²) in [5.41, 5.74) is 5.19. The van der Waals surface area contributed by atoms with Crippen molar-refractivity contribution >= 4 is 49.2 Å². The Morgan fingerprint density at radius 3 is 1.37 bits per heavy atom. The zero-order chi connectivity index (χ0) is 18.6. The normalized spacial score (nSPS) is 10.0. The van der Waals surface area contributed by atoms with Crippen molar-refractivity contribution in [1.82, 2.24) is 7.96 Å². The molecule has 0 atom stereocenters. The van der Waals surface area contributed by atoms with Gasteiger partial charge in [-0.25, -0.2) is 0 Å². The molecule has 128 valence electrons. The summed E-state index contributed by atoms with van der Waals surface area (Å²) in [6.07, 6.45) is 0. The minimum atomic E-state index is -0.156. The molecule has 0 saturated heterocycles. The first-order chi connectivity index (χ1) is 13.2. The van der Waals surface area contributed by atoms with Crippen LogP contribution in [0.4, 0.5) is 0 Å². The summed E-state index contributed by atoms with van der Waals surface area (Å²) in [5.74, 6) is 12.7. The Labute approximate surface area is 173 Å². The minimum absolute atomic E-state index is 0.156. The Balaban J connectivity index is 1.69. The third-order valence-corrected chi connectivity index (χ3v) is 5.40. The molecule has 0 unspecified atom stereocenters. The van der Waals surface area contributed by atoms with Crippen molar-refractivity contribution < 1.29 is 0 Å². The van der Waals surface area contributed by atoms with E-state index in [9.17, 15) is 0 Å². The number of benzene rings is 3. The van der Waals surface area contributed by atoms with Crippen molar-refractivity contribution in [3.05, 3.63) is 93.0 Å². The fraction of sp³-hybridized carbons (Fsp3) is 0. The first kappa shape index (κ1) is 17.9. The molecule has 27 heavy (non-hydrogen) atoms. The first-order valence-electron chi connectivity index (χ1n) is 7.99. The molecular formula is C22H10Cl2N2Se. The molecule has 3 aromatic carbocycles. The van der Waals surface area contributed by atoms with Crippen molar-refractivity contribution in [1.29, 1.82) is 0 Å². The van der Waals surface area contributed by atoms with Crippen LogP contribution < -0.4 is 0 Å². The van der Waals surface area contributed by atoms with Gasteiger partial charge in [0.1, 0.15) is 0 Å². The molecule has 0 bridgehead atoms. The molecule has 0 radical (unpaired) electrons. The summed E-state index contributed by atoms with van der Waals surface area (Å²) >= 11 is 11.7. The van der Waals surface area contributed by atoms with Crippen LogP contribution in [0.2, 0.25) is 10.0 Å². The van der Waals surface area contributed by atoms with Crippen LogP contribution in [0, 0.1) is 23.7 Å². The molecule has 2 nitrogen and oxygen atoms in total. The average Bonchev–Trinajstić information content (AvgIpc) is 3.18. The van der Waals surface area contributed by atoms with Crippen LogP contribution in [0.3, 0.4) is 0 Å². The molecule has 0 N–H and O–H groups in total. The van der Waals surface area contributed by atoms with Crippen molar-refractivity contribution in [2.24, 2.45) is 0 Å². The van der Waals surface area contributed by atoms with E-state index in [2.05, 4.69) is 31.6 Å². The molecule has 0 spiro atoms. The summed E-state index contributed by atoms with van der Waals surface area (Å²) in [7, 11) is 0. The summed E-state index contributed by atoms with van der Waals surface area (Å²) in [4.78, 5) is 0. The van der Waals surface area contributed by atoms with Gasteiger partial charge in [-0.15, -0.1) is 0 Å². The molecular weight excluding hydrogens is 442 g/mol. The summed E-state index contributed by atoms with van der Waals surface area (Å²) in [5, 5.41) is 1.39. The Kier molecular flexibility index (Phi) is 5.30. The van der Waals surface area contributed by atoms with Gasteiger partial charge < -0.3 is 0 Å². The van der Waals surface area contributed by atoms with Gasteiger partial charge in [-0.2, -0.15) is 0 Å². The Hall–Kier alpha value is -2.52. The third kappa shape index (κ3) is 4.25. The van der Waals surface area contributed by atoms with E-state index in [-0.39, 0.29) is 15.0 Å². The topological polar surface area (TPSA) is 25.8 Å². The van der Waals surface area contributed by atoms with E-state index in [0.29, 0.717) is 10.0 Å². The number of nitrogens with zero attached hydrogens (tertiary/aromatic N) is 2. The van der Waals surface area contributed by atoms with E-state index in [1.165, 1.54) is 0 Å². The third-order valence-electron chi connectivity index (χ3n) is 3.79. The van der Waals surface area contributed by atoms with E-state index in [1.807, 2.05) is 60.7 Å². The number of halogens is 2. The second-order valence-electron chi connectivity index (χ2n) is 5.64. The maximum atomic E-state index is 5.91. The molecule has 1 aromatic heterocycles. The molecule has 4 rings (SSSR count). The van der Waals surface area contributed by atoms with Crippen LogP contribution >= 0.6 is 23.2 Å². The molecule has 0 aliphatic heterocycles. The van der Waals surface area contributed by atoms with Crippen LogP contribution in [0.5, 0.6) is 0 Å². The van der Waals surface area contributed by atoms with Gasteiger partial charge in [0.2, 0.25) is 0 Å². The number of hydrogen-bond donors (Lipinski definition) is 0. The van der Waals surface area contributed by atoms with E-state index in [1.54, 1.807) is 0 Å². The Bertz CT molecular complexity index is 1140. The van der Waals surface area contributed by atoms with Crippen molar-refractivity contribution in [3.8, 4) is 23.7 Å². The Morgan fingerprint density at radius 1 is 0.556 bits per heavy atom. The predicted molar refractivity (Wildman–Crippen MR) is 111 cm³/mol. The first-order valence-corrected chi connectivity index (χ1v) is 10.3. The SMILES string of the molecule is Clc1ccc(C#Cc2ccc(C#Cc3ccc(Cl)cc3)c3n[se]nc23)cc1. The second kappa shape index (κ2) is 8.01. The predicted octanol–water partition coefficient (Wildman–Crippen LogP) is 4.79. The van der Waals surface area contributed by atoms with Gasteiger partial charge in [-0.1, -0.05) is 0 Å². The van der Waals surface area contributed by atoms with Gasteiger partial charge in [-0.05, 0) is 0 Å². The average molecular weight is 452 g/mol. The van der Waals surface area contributed by atoms with Crippen LogP contribution in [-0.4, -0.2) is 22.9 Å². The molecule has 1 heterocycles.